The monoisotopic (exact) mass is 335 g/mol. The van der Waals surface area contributed by atoms with Crippen molar-refractivity contribution in [1.29, 1.82) is 0 Å². The van der Waals surface area contributed by atoms with Gasteiger partial charge in [0, 0.05) is 44.6 Å². The van der Waals surface area contributed by atoms with E-state index in [0.29, 0.717) is 10.4 Å². The summed E-state index contributed by atoms with van der Waals surface area (Å²) < 4.78 is 0.659. The van der Waals surface area contributed by atoms with E-state index in [0.717, 1.165) is 31.1 Å². The minimum atomic E-state index is 0.0885. The fourth-order valence-corrected chi connectivity index (χ4v) is 3.74. The van der Waals surface area contributed by atoms with Crippen molar-refractivity contribution < 1.29 is 4.79 Å². The van der Waals surface area contributed by atoms with Crippen molar-refractivity contribution in [3.05, 3.63) is 51.4 Å². The largest absolute Gasteiger partial charge is 0.335 e. The second-order valence-electron chi connectivity index (χ2n) is 5.39. The van der Waals surface area contributed by atoms with Gasteiger partial charge < -0.3 is 4.90 Å². The molecule has 1 amide bonds. The molecule has 1 aliphatic rings. The van der Waals surface area contributed by atoms with Gasteiger partial charge in [-0.3, -0.25) is 14.7 Å². The molecule has 2 aromatic heterocycles. The number of nitrogens with zero attached hydrogens (tertiary/aromatic N) is 3. The second-order valence-corrected chi connectivity index (χ2v) is 7.11. The maximum Gasteiger partial charge on any atom is 0.264 e. The maximum absolute atomic E-state index is 12.4. The molecule has 1 aliphatic heterocycles. The molecule has 1 saturated heterocycles. The molecule has 1 atom stereocenters. The number of rotatable bonds is 3. The standard InChI is InChI=1S/C16H18ClN3OS/c1-12(13-3-2-6-18-11-13)19-7-9-20(10-8-19)16(21)14-4-5-15(17)22-14/h2-6,11-12H,7-10H2,1H3/t12-/m1/s1. The SMILES string of the molecule is C[C@H](c1cccnc1)N1CCN(C(=O)c2ccc(Cl)s2)CC1. The summed E-state index contributed by atoms with van der Waals surface area (Å²) in [4.78, 5) is 21.6. The van der Waals surface area contributed by atoms with E-state index < -0.39 is 0 Å². The zero-order valence-corrected chi connectivity index (χ0v) is 14.0. The lowest BCUT2D eigenvalue weighted by Crippen LogP contribution is -2.49. The van der Waals surface area contributed by atoms with Crippen molar-refractivity contribution >= 4 is 28.8 Å². The molecule has 6 heteroatoms. The number of halogens is 1. The third-order valence-electron chi connectivity index (χ3n) is 4.10. The van der Waals surface area contributed by atoms with Gasteiger partial charge in [-0.1, -0.05) is 17.7 Å². The molecule has 0 unspecified atom stereocenters. The van der Waals surface area contributed by atoms with E-state index in [1.165, 1.54) is 16.9 Å². The molecule has 0 saturated carbocycles. The summed E-state index contributed by atoms with van der Waals surface area (Å²) in [6, 6.07) is 7.97. The number of carbonyl (C=O) groups is 1. The molecule has 0 bridgehead atoms. The highest BCUT2D eigenvalue weighted by Crippen LogP contribution is 2.25. The first-order valence-corrected chi connectivity index (χ1v) is 8.53. The molecule has 116 valence electrons. The molecule has 0 radical (unpaired) electrons. The Morgan fingerprint density at radius 3 is 2.64 bits per heavy atom. The van der Waals surface area contributed by atoms with Crippen molar-refractivity contribution in [2.45, 2.75) is 13.0 Å². The molecule has 3 rings (SSSR count). The van der Waals surface area contributed by atoms with E-state index in [1.54, 1.807) is 18.3 Å². The van der Waals surface area contributed by atoms with E-state index >= 15 is 0 Å². The molecule has 3 heterocycles. The zero-order chi connectivity index (χ0) is 15.5. The number of aromatic nitrogens is 1. The van der Waals surface area contributed by atoms with Crippen molar-refractivity contribution in [1.82, 2.24) is 14.8 Å². The fourth-order valence-electron chi connectivity index (χ4n) is 2.73. The first-order valence-electron chi connectivity index (χ1n) is 7.34. The molecule has 1 fully saturated rings. The van der Waals surface area contributed by atoms with Gasteiger partial charge in [-0.25, -0.2) is 0 Å². The molecule has 0 N–H and O–H groups in total. The average Bonchev–Trinajstić information content (AvgIpc) is 3.01. The first kappa shape index (κ1) is 15.5. The lowest BCUT2D eigenvalue weighted by Gasteiger charge is -2.38. The van der Waals surface area contributed by atoms with Crippen LogP contribution >= 0.6 is 22.9 Å². The Morgan fingerprint density at radius 2 is 2.05 bits per heavy atom. The van der Waals surface area contributed by atoms with E-state index in [1.807, 2.05) is 17.2 Å². The highest BCUT2D eigenvalue weighted by molar-refractivity contribution is 7.17. The van der Waals surface area contributed by atoms with Gasteiger partial charge in [-0.2, -0.15) is 0 Å². The Bertz CT molecular complexity index is 638. The molecule has 0 spiro atoms. The zero-order valence-electron chi connectivity index (χ0n) is 12.4. The summed E-state index contributed by atoms with van der Waals surface area (Å²) in [5.41, 5.74) is 1.22. The molecular formula is C16H18ClN3OS. The Balaban J connectivity index is 1.59. The first-order chi connectivity index (χ1) is 10.6. The van der Waals surface area contributed by atoms with Crippen LogP contribution in [0.25, 0.3) is 0 Å². The number of hydrogen-bond donors (Lipinski definition) is 0. The average molecular weight is 336 g/mol. The van der Waals surface area contributed by atoms with Crippen molar-refractivity contribution in [2.75, 3.05) is 26.2 Å². The Morgan fingerprint density at radius 1 is 1.27 bits per heavy atom. The van der Waals surface area contributed by atoms with Crippen LogP contribution in [0.1, 0.15) is 28.2 Å². The van der Waals surface area contributed by atoms with Crippen molar-refractivity contribution in [3.8, 4) is 0 Å². The molecule has 0 aromatic carbocycles. The number of pyridine rings is 1. The number of amides is 1. The normalized spacial score (nSPS) is 17.5. The van der Waals surface area contributed by atoms with Crippen LogP contribution in [0.5, 0.6) is 0 Å². The molecule has 2 aromatic rings. The van der Waals surface area contributed by atoms with Gasteiger partial charge in [0.1, 0.15) is 0 Å². The van der Waals surface area contributed by atoms with Crippen LogP contribution in [-0.2, 0) is 0 Å². The van der Waals surface area contributed by atoms with Gasteiger partial charge in [-0.05, 0) is 30.7 Å². The molecular weight excluding hydrogens is 318 g/mol. The third-order valence-corrected chi connectivity index (χ3v) is 5.32. The molecule has 0 aliphatic carbocycles. The van der Waals surface area contributed by atoms with Gasteiger partial charge in [0.2, 0.25) is 0 Å². The lowest BCUT2D eigenvalue weighted by atomic mass is 10.1. The van der Waals surface area contributed by atoms with Crippen molar-refractivity contribution in [2.24, 2.45) is 0 Å². The Hall–Kier alpha value is -1.43. The predicted octanol–water partition coefficient (Wildman–Crippen LogP) is 3.32. The van der Waals surface area contributed by atoms with Gasteiger partial charge >= 0.3 is 0 Å². The number of carbonyl (C=O) groups excluding carboxylic acids is 1. The quantitative estimate of drug-likeness (QED) is 0.863. The van der Waals surface area contributed by atoms with Gasteiger partial charge in [0.05, 0.1) is 9.21 Å². The summed E-state index contributed by atoms with van der Waals surface area (Å²) in [7, 11) is 0. The van der Waals surface area contributed by atoms with E-state index in [4.69, 9.17) is 11.6 Å². The predicted molar refractivity (Wildman–Crippen MR) is 89.5 cm³/mol. The summed E-state index contributed by atoms with van der Waals surface area (Å²) in [6.45, 7) is 5.44. The van der Waals surface area contributed by atoms with E-state index in [-0.39, 0.29) is 5.91 Å². The van der Waals surface area contributed by atoms with Crippen LogP contribution in [0.15, 0.2) is 36.7 Å². The minimum Gasteiger partial charge on any atom is -0.335 e. The van der Waals surface area contributed by atoms with Crippen LogP contribution < -0.4 is 0 Å². The number of piperazine rings is 1. The number of hydrogen-bond acceptors (Lipinski definition) is 4. The minimum absolute atomic E-state index is 0.0885. The third kappa shape index (κ3) is 3.32. The molecule has 22 heavy (non-hydrogen) atoms. The van der Waals surface area contributed by atoms with Crippen LogP contribution in [-0.4, -0.2) is 46.9 Å². The lowest BCUT2D eigenvalue weighted by molar-refractivity contribution is 0.0586. The van der Waals surface area contributed by atoms with E-state index in [9.17, 15) is 4.79 Å². The van der Waals surface area contributed by atoms with E-state index in [2.05, 4.69) is 22.9 Å². The van der Waals surface area contributed by atoms with Crippen molar-refractivity contribution in [3.63, 3.8) is 0 Å². The molecule has 4 nitrogen and oxygen atoms in total. The Kier molecular flexibility index (Phi) is 4.76. The second kappa shape index (κ2) is 6.77. The highest BCUT2D eigenvalue weighted by Gasteiger charge is 2.26. The summed E-state index contributed by atoms with van der Waals surface area (Å²) in [5, 5.41) is 0. The number of thiophene rings is 1. The summed E-state index contributed by atoms with van der Waals surface area (Å²) in [6.07, 6.45) is 3.70. The Labute approximate surface area is 139 Å². The van der Waals surface area contributed by atoms with Crippen LogP contribution in [0.4, 0.5) is 0 Å². The van der Waals surface area contributed by atoms with Gasteiger partial charge in [-0.15, -0.1) is 11.3 Å². The maximum atomic E-state index is 12.4. The van der Waals surface area contributed by atoms with Crippen LogP contribution in [0, 0.1) is 0 Å². The smallest absolute Gasteiger partial charge is 0.264 e. The van der Waals surface area contributed by atoms with Gasteiger partial charge in [0.15, 0.2) is 0 Å². The highest BCUT2D eigenvalue weighted by atomic mass is 35.5. The van der Waals surface area contributed by atoms with Crippen LogP contribution in [0.2, 0.25) is 4.34 Å². The van der Waals surface area contributed by atoms with Crippen LogP contribution in [0.3, 0.4) is 0 Å². The fraction of sp³-hybridized carbons (Fsp3) is 0.375. The summed E-state index contributed by atoms with van der Waals surface area (Å²) >= 11 is 7.26. The van der Waals surface area contributed by atoms with Gasteiger partial charge in [0.25, 0.3) is 5.91 Å². The summed E-state index contributed by atoms with van der Waals surface area (Å²) in [5.74, 6) is 0.0885. The topological polar surface area (TPSA) is 36.4 Å².